The van der Waals surface area contributed by atoms with E-state index in [4.69, 9.17) is 16.6 Å². The standard InChI is InChI=1S/C18H18ClN3OS/c19-12-3-1-11(2-4-12)18-20-9-16-17(22-18)15(10-24-16)21-13-5-7-14(23)8-6-13/h1-4,9-10,13-14,21,23H,5-8H2. The third-order valence-corrected chi connectivity index (χ3v) is 5.63. The summed E-state index contributed by atoms with van der Waals surface area (Å²) in [6.45, 7) is 0. The van der Waals surface area contributed by atoms with E-state index in [0.717, 1.165) is 47.2 Å². The minimum Gasteiger partial charge on any atom is -0.393 e. The van der Waals surface area contributed by atoms with Crippen LogP contribution in [0.15, 0.2) is 35.8 Å². The van der Waals surface area contributed by atoms with Crippen LogP contribution >= 0.6 is 22.9 Å². The molecule has 1 fully saturated rings. The molecule has 2 N–H and O–H groups in total. The van der Waals surface area contributed by atoms with Crippen molar-refractivity contribution in [2.24, 2.45) is 0 Å². The Morgan fingerprint density at radius 3 is 2.62 bits per heavy atom. The monoisotopic (exact) mass is 359 g/mol. The molecule has 0 radical (unpaired) electrons. The maximum atomic E-state index is 9.65. The second kappa shape index (κ2) is 6.67. The molecule has 3 aromatic rings. The molecule has 1 saturated carbocycles. The van der Waals surface area contributed by atoms with Crippen LogP contribution in [0.3, 0.4) is 0 Å². The van der Waals surface area contributed by atoms with Gasteiger partial charge in [0.1, 0.15) is 5.52 Å². The number of anilines is 1. The van der Waals surface area contributed by atoms with Crippen LogP contribution < -0.4 is 5.32 Å². The van der Waals surface area contributed by atoms with Crippen molar-refractivity contribution in [1.29, 1.82) is 0 Å². The fraction of sp³-hybridized carbons (Fsp3) is 0.333. The lowest BCUT2D eigenvalue weighted by atomic mass is 9.93. The van der Waals surface area contributed by atoms with Crippen molar-refractivity contribution in [3.05, 3.63) is 40.9 Å². The van der Waals surface area contributed by atoms with E-state index in [0.29, 0.717) is 16.9 Å². The molecule has 1 aliphatic rings. The first-order valence-corrected chi connectivity index (χ1v) is 9.39. The molecule has 0 amide bonds. The number of thiophene rings is 1. The van der Waals surface area contributed by atoms with Crippen LogP contribution in [0.2, 0.25) is 5.02 Å². The zero-order valence-corrected chi connectivity index (χ0v) is 14.6. The van der Waals surface area contributed by atoms with Gasteiger partial charge in [-0.05, 0) is 49.9 Å². The van der Waals surface area contributed by atoms with Gasteiger partial charge in [-0.25, -0.2) is 9.97 Å². The summed E-state index contributed by atoms with van der Waals surface area (Å²) in [7, 11) is 0. The Hall–Kier alpha value is -1.69. The summed E-state index contributed by atoms with van der Waals surface area (Å²) in [5.41, 5.74) is 2.99. The molecule has 124 valence electrons. The predicted octanol–water partition coefficient (Wildman–Crippen LogP) is 4.73. The van der Waals surface area contributed by atoms with Gasteiger partial charge in [-0.3, -0.25) is 0 Å². The Labute approximate surface area is 149 Å². The summed E-state index contributed by atoms with van der Waals surface area (Å²) < 4.78 is 1.08. The lowest BCUT2D eigenvalue weighted by Gasteiger charge is -2.26. The smallest absolute Gasteiger partial charge is 0.159 e. The van der Waals surface area contributed by atoms with Crippen LogP contribution in [0.25, 0.3) is 21.6 Å². The highest BCUT2D eigenvalue weighted by Gasteiger charge is 2.20. The van der Waals surface area contributed by atoms with Crippen LogP contribution in [0, 0.1) is 0 Å². The molecule has 4 nitrogen and oxygen atoms in total. The average Bonchev–Trinajstić information content (AvgIpc) is 3.00. The van der Waals surface area contributed by atoms with Crippen molar-refractivity contribution < 1.29 is 5.11 Å². The van der Waals surface area contributed by atoms with Gasteiger partial charge in [-0.1, -0.05) is 11.6 Å². The molecule has 4 rings (SSSR count). The second-order valence-corrected chi connectivity index (χ2v) is 7.56. The van der Waals surface area contributed by atoms with Gasteiger partial charge < -0.3 is 10.4 Å². The number of benzene rings is 1. The number of aromatic nitrogens is 2. The topological polar surface area (TPSA) is 58.0 Å². The second-order valence-electron chi connectivity index (χ2n) is 6.21. The number of nitrogens with one attached hydrogen (secondary N) is 1. The van der Waals surface area contributed by atoms with E-state index in [2.05, 4.69) is 15.7 Å². The fourth-order valence-corrected chi connectivity index (χ4v) is 4.04. The maximum Gasteiger partial charge on any atom is 0.159 e. The molecule has 0 unspecified atom stereocenters. The molecule has 0 aliphatic heterocycles. The molecule has 1 aliphatic carbocycles. The number of aliphatic hydroxyl groups excluding tert-OH is 1. The van der Waals surface area contributed by atoms with Crippen LogP contribution in [-0.2, 0) is 0 Å². The van der Waals surface area contributed by atoms with Gasteiger partial charge >= 0.3 is 0 Å². The van der Waals surface area contributed by atoms with Crippen molar-refractivity contribution >= 4 is 38.8 Å². The van der Waals surface area contributed by atoms with E-state index >= 15 is 0 Å². The Morgan fingerprint density at radius 1 is 1.12 bits per heavy atom. The molecular weight excluding hydrogens is 342 g/mol. The average molecular weight is 360 g/mol. The zero-order valence-electron chi connectivity index (χ0n) is 13.1. The Morgan fingerprint density at radius 2 is 1.88 bits per heavy atom. The van der Waals surface area contributed by atoms with Crippen LogP contribution in [0.5, 0.6) is 0 Å². The van der Waals surface area contributed by atoms with Gasteiger partial charge in [0.15, 0.2) is 5.82 Å². The highest BCUT2D eigenvalue weighted by molar-refractivity contribution is 7.17. The van der Waals surface area contributed by atoms with E-state index in [9.17, 15) is 5.11 Å². The Balaban J connectivity index is 1.62. The predicted molar refractivity (Wildman–Crippen MR) is 99.7 cm³/mol. The summed E-state index contributed by atoms with van der Waals surface area (Å²) >= 11 is 7.61. The molecule has 0 saturated heterocycles. The largest absolute Gasteiger partial charge is 0.393 e. The third kappa shape index (κ3) is 3.24. The molecule has 1 aromatic carbocycles. The van der Waals surface area contributed by atoms with Gasteiger partial charge in [0.25, 0.3) is 0 Å². The van der Waals surface area contributed by atoms with E-state index < -0.39 is 0 Å². The number of fused-ring (bicyclic) bond motifs is 1. The van der Waals surface area contributed by atoms with Crippen molar-refractivity contribution in [2.75, 3.05) is 5.32 Å². The number of rotatable bonds is 3. The van der Waals surface area contributed by atoms with Crippen molar-refractivity contribution in [3.8, 4) is 11.4 Å². The first-order chi connectivity index (χ1) is 11.7. The van der Waals surface area contributed by atoms with E-state index in [1.807, 2.05) is 30.5 Å². The minimum absolute atomic E-state index is 0.138. The fourth-order valence-electron chi connectivity index (χ4n) is 3.11. The number of hydrogen-bond donors (Lipinski definition) is 2. The first kappa shape index (κ1) is 15.8. The van der Waals surface area contributed by atoms with Gasteiger partial charge in [0.05, 0.1) is 16.5 Å². The minimum atomic E-state index is -0.138. The molecule has 0 spiro atoms. The number of hydrogen-bond acceptors (Lipinski definition) is 5. The molecule has 24 heavy (non-hydrogen) atoms. The van der Waals surface area contributed by atoms with Crippen LogP contribution in [-0.4, -0.2) is 27.2 Å². The third-order valence-electron chi connectivity index (χ3n) is 4.47. The zero-order chi connectivity index (χ0) is 16.5. The summed E-state index contributed by atoms with van der Waals surface area (Å²) in [5.74, 6) is 0.708. The van der Waals surface area contributed by atoms with Crippen molar-refractivity contribution in [1.82, 2.24) is 9.97 Å². The van der Waals surface area contributed by atoms with Crippen molar-refractivity contribution in [3.63, 3.8) is 0 Å². The van der Waals surface area contributed by atoms with Crippen LogP contribution in [0.4, 0.5) is 5.69 Å². The van der Waals surface area contributed by atoms with E-state index in [-0.39, 0.29) is 6.10 Å². The lowest BCUT2D eigenvalue weighted by molar-refractivity contribution is 0.126. The highest BCUT2D eigenvalue weighted by atomic mass is 35.5. The summed E-state index contributed by atoms with van der Waals surface area (Å²) in [4.78, 5) is 9.23. The van der Waals surface area contributed by atoms with Gasteiger partial charge in [0.2, 0.25) is 0 Å². The summed E-state index contributed by atoms with van der Waals surface area (Å²) in [6, 6.07) is 7.98. The molecule has 0 bridgehead atoms. The number of nitrogens with zero attached hydrogens (tertiary/aromatic N) is 2. The normalized spacial score (nSPS) is 21.1. The summed E-state index contributed by atoms with van der Waals surface area (Å²) in [6.07, 6.45) is 5.46. The van der Waals surface area contributed by atoms with Gasteiger partial charge in [0, 0.05) is 28.2 Å². The molecule has 0 atom stereocenters. The first-order valence-electron chi connectivity index (χ1n) is 8.14. The Kier molecular flexibility index (Phi) is 4.39. The quantitative estimate of drug-likeness (QED) is 0.710. The lowest BCUT2D eigenvalue weighted by Crippen LogP contribution is -2.28. The molecule has 6 heteroatoms. The van der Waals surface area contributed by atoms with Gasteiger partial charge in [-0.15, -0.1) is 11.3 Å². The van der Waals surface area contributed by atoms with E-state index in [1.54, 1.807) is 11.3 Å². The SMILES string of the molecule is OC1CCC(Nc2csc3cnc(-c4ccc(Cl)cc4)nc23)CC1. The summed E-state index contributed by atoms with van der Waals surface area (Å²) in [5, 5.41) is 16.1. The number of aliphatic hydroxyl groups is 1. The van der Waals surface area contributed by atoms with E-state index in [1.165, 1.54) is 0 Å². The molecule has 2 heterocycles. The Bertz CT molecular complexity index is 841. The highest BCUT2D eigenvalue weighted by Crippen LogP contribution is 2.32. The van der Waals surface area contributed by atoms with Crippen LogP contribution in [0.1, 0.15) is 25.7 Å². The maximum absolute atomic E-state index is 9.65. The van der Waals surface area contributed by atoms with Crippen molar-refractivity contribution in [2.45, 2.75) is 37.8 Å². The molecule has 2 aromatic heterocycles. The van der Waals surface area contributed by atoms with Gasteiger partial charge in [-0.2, -0.15) is 0 Å². The number of halogens is 1. The molecular formula is C18H18ClN3OS.